The quantitative estimate of drug-likeness (QED) is 0.0519. The van der Waals surface area contributed by atoms with Gasteiger partial charge in [-0.15, -0.1) is 0 Å². The second kappa shape index (κ2) is 27.0. The van der Waals surface area contributed by atoms with Crippen molar-refractivity contribution >= 4 is 58.4 Å². The van der Waals surface area contributed by atoms with Gasteiger partial charge in [0.2, 0.25) is 11.8 Å². The van der Waals surface area contributed by atoms with Gasteiger partial charge >= 0.3 is 0 Å². The molecule has 0 radical (unpaired) electrons. The number of amides is 3. The predicted octanol–water partition coefficient (Wildman–Crippen LogP) is 11.4. The van der Waals surface area contributed by atoms with Crippen molar-refractivity contribution in [2.75, 3.05) is 36.8 Å². The largest absolute Gasteiger partial charge is 0.454 e. The molecule has 3 aliphatic heterocycles. The Morgan fingerprint density at radius 3 is 1.05 bits per heavy atom. The molecule has 12 N–H and O–H groups in total. The fraction of sp³-hybridized carbons (Fsp3) is 0.300. The van der Waals surface area contributed by atoms with Crippen LogP contribution in [0.2, 0.25) is 10.0 Å². The number of nitriles is 3. The third-order valence-electron chi connectivity index (χ3n) is 19.5. The number of benzene rings is 4. The van der Waals surface area contributed by atoms with Gasteiger partial charge in [0.1, 0.15) is 74.3 Å². The van der Waals surface area contributed by atoms with Crippen molar-refractivity contribution in [2.45, 2.75) is 112 Å². The first-order chi connectivity index (χ1) is 48.1. The Morgan fingerprint density at radius 2 is 0.780 bits per heavy atom. The Kier molecular flexibility index (Phi) is 18.1. The third kappa shape index (κ3) is 13.4. The molecule has 6 aliphatic rings. The number of pyridine rings is 2. The highest BCUT2D eigenvalue weighted by Gasteiger charge is 2.54. The summed E-state index contributed by atoms with van der Waals surface area (Å²) < 4.78 is 48.8. The third-order valence-corrected chi connectivity index (χ3v) is 20.0. The molecule has 0 bridgehead atoms. The molecule has 3 atom stereocenters. The van der Waals surface area contributed by atoms with E-state index in [1.54, 1.807) is 116 Å². The van der Waals surface area contributed by atoms with Gasteiger partial charge in [-0.25, -0.2) is 32.8 Å². The Bertz CT molecular complexity index is 4550. The van der Waals surface area contributed by atoms with E-state index in [-0.39, 0.29) is 74.6 Å². The summed E-state index contributed by atoms with van der Waals surface area (Å²) in [5.41, 5.74) is 39.5. The molecule has 15 rings (SSSR count). The maximum Gasteiger partial charge on any atom is 0.254 e. The van der Waals surface area contributed by atoms with Crippen LogP contribution in [-0.2, 0) is 0 Å². The highest BCUT2D eigenvalue weighted by atomic mass is 35.5. The van der Waals surface area contributed by atoms with Crippen molar-refractivity contribution in [3.8, 4) is 87.1 Å². The van der Waals surface area contributed by atoms with Crippen LogP contribution in [-0.4, -0.2) is 108 Å². The molecule has 30 heteroatoms. The number of carbonyl (C=O) groups is 3. The van der Waals surface area contributed by atoms with E-state index in [1.165, 1.54) is 18.5 Å². The minimum atomic E-state index is -0.821. The molecule has 9 aromatic rings. The molecule has 6 fully saturated rings. The molecular formula is C70H66Cl2F2N20O6. The number of anilines is 3. The van der Waals surface area contributed by atoms with Crippen LogP contribution in [0.5, 0.6) is 34.8 Å². The van der Waals surface area contributed by atoms with Gasteiger partial charge in [-0.1, -0.05) is 23.2 Å². The smallest absolute Gasteiger partial charge is 0.254 e. The van der Waals surface area contributed by atoms with Crippen molar-refractivity contribution in [1.29, 1.82) is 15.8 Å². The molecule has 8 heterocycles. The number of primary amides is 3. The standard InChI is InChI=1S/C24H22F2N6O2.2C23H22ClN7O2/c25-15-3-6-19(18(26)11-15)34-17-4-1-14(2-5-17)21-20(23(29)33)22(28)32(30-21)16-7-8-24(9-10-24)31(12-16)13-27;2*24-15-3-6-18(28-11-15)33-17-4-1-14(2-5-17)20-19(22(27)32)21(26)31(29-20)16-7-8-23(9-10-23)30(12-16)13-25/h1-6,11,16H,7-10,12,28H2,(H2,29,33);2*1-6,11,16H,7-10,12,26H2,(H2,27,32)/t3*16-/m010/s1. The first kappa shape index (κ1) is 66.9. The monoisotopic (exact) mass is 1390 g/mol. The molecule has 510 valence electrons. The number of ether oxygens (including phenoxy) is 3. The summed E-state index contributed by atoms with van der Waals surface area (Å²) in [7, 11) is 0. The maximum atomic E-state index is 13.9. The van der Waals surface area contributed by atoms with Gasteiger partial charge < -0.3 is 63.3 Å². The van der Waals surface area contributed by atoms with Crippen molar-refractivity contribution in [2.24, 2.45) is 17.2 Å². The van der Waals surface area contributed by atoms with Crippen LogP contribution in [0.3, 0.4) is 0 Å². The number of nitrogens with zero attached hydrogens (tertiary/aromatic N) is 14. The molecule has 26 nitrogen and oxygen atoms in total. The fourth-order valence-corrected chi connectivity index (χ4v) is 13.8. The highest BCUT2D eigenvalue weighted by Crippen LogP contribution is 2.53. The van der Waals surface area contributed by atoms with Crippen LogP contribution in [0.4, 0.5) is 26.2 Å². The SMILES string of the molecule is N#CN1C[C@@H](n2nc(-c3ccc(Oc4ccc(Cl)cn4)cc3)c(C(N)=O)c2N)CCC12CC2.N#CN1C[C@@H](n2nc(-c3ccc(Oc4ccc(F)cc4F)cc3)c(C(N)=O)c2N)CCC12CC2.N#CN1C[C@H](n2nc(-c3ccc(Oc4ccc(Cl)cn4)cc3)c(C(N)=O)c2N)CCC12CC2. The summed E-state index contributed by atoms with van der Waals surface area (Å²) in [5, 5.41) is 43.8. The van der Waals surface area contributed by atoms with Gasteiger partial charge in [-0.3, -0.25) is 14.4 Å². The summed E-state index contributed by atoms with van der Waals surface area (Å²) in [6, 6.07) is 30.0. The number of piperidine rings is 3. The number of carbonyl (C=O) groups excluding carboxylic acids is 3. The molecular weight excluding hydrogens is 1330 g/mol. The second-order valence-corrected chi connectivity index (χ2v) is 26.6. The molecule has 3 spiro atoms. The van der Waals surface area contributed by atoms with Crippen molar-refractivity contribution in [1.82, 2.24) is 54.0 Å². The lowest BCUT2D eigenvalue weighted by molar-refractivity contribution is 0.0992. The maximum absolute atomic E-state index is 13.9. The molecule has 100 heavy (non-hydrogen) atoms. The molecule has 0 unspecified atom stereocenters. The summed E-state index contributed by atoms with van der Waals surface area (Å²) in [5.74, 6) is -0.784. The molecule has 3 amide bonds. The zero-order valence-corrected chi connectivity index (χ0v) is 55.2. The molecule has 3 saturated carbocycles. The van der Waals surface area contributed by atoms with Gasteiger partial charge in [0.05, 0.1) is 64.4 Å². The van der Waals surface area contributed by atoms with Gasteiger partial charge in [-0.05, 0) is 174 Å². The number of halogens is 4. The number of nitrogen functional groups attached to an aromatic ring is 3. The average Bonchev–Trinajstić information content (AvgIpc) is 1.62. The molecule has 3 aliphatic carbocycles. The summed E-state index contributed by atoms with van der Waals surface area (Å²) in [6.45, 7) is 1.50. The van der Waals surface area contributed by atoms with E-state index in [0.717, 1.165) is 89.2 Å². The van der Waals surface area contributed by atoms with Gasteiger partial charge in [0.15, 0.2) is 30.1 Å². The zero-order valence-electron chi connectivity index (χ0n) is 53.6. The summed E-state index contributed by atoms with van der Waals surface area (Å²) in [4.78, 5) is 50.5. The van der Waals surface area contributed by atoms with E-state index in [1.807, 2.05) is 9.80 Å². The molecule has 3 saturated heterocycles. The summed E-state index contributed by atoms with van der Waals surface area (Å²) in [6.07, 6.45) is 21.2. The number of likely N-dealkylation sites (tertiary alicyclic amines) is 3. The van der Waals surface area contributed by atoms with E-state index in [0.29, 0.717) is 92.5 Å². The lowest BCUT2D eigenvalue weighted by atomic mass is 9.97. The number of aromatic nitrogens is 8. The Labute approximate surface area is 581 Å². The number of nitrogens with two attached hydrogens (primary N) is 6. The average molecular weight is 1390 g/mol. The minimum Gasteiger partial charge on any atom is -0.454 e. The highest BCUT2D eigenvalue weighted by molar-refractivity contribution is 6.30. The van der Waals surface area contributed by atoms with E-state index < -0.39 is 29.4 Å². The Hall–Kier alpha value is -11.7. The van der Waals surface area contributed by atoms with E-state index in [9.17, 15) is 39.0 Å². The lowest BCUT2D eigenvalue weighted by Gasteiger charge is -2.36. The van der Waals surface area contributed by atoms with Crippen LogP contribution in [0.25, 0.3) is 33.8 Å². The van der Waals surface area contributed by atoms with Crippen LogP contribution in [0, 0.1) is 46.0 Å². The summed E-state index contributed by atoms with van der Waals surface area (Å²) >= 11 is 11.7. The van der Waals surface area contributed by atoms with Crippen molar-refractivity contribution in [3.63, 3.8) is 0 Å². The number of hydrogen-bond donors (Lipinski definition) is 6. The van der Waals surface area contributed by atoms with E-state index >= 15 is 0 Å². The molecule has 5 aromatic heterocycles. The van der Waals surface area contributed by atoms with Crippen molar-refractivity contribution in [3.05, 3.63) is 166 Å². The van der Waals surface area contributed by atoms with Crippen LogP contribution in [0.1, 0.15) is 126 Å². The minimum absolute atomic E-state index is 0.0112. The van der Waals surface area contributed by atoms with Crippen LogP contribution in [0.15, 0.2) is 128 Å². The predicted molar refractivity (Wildman–Crippen MR) is 365 cm³/mol. The lowest BCUT2D eigenvalue weighted by Crippen LogP contribution is -2.43. The van der Waals surface area contributed by atoms with E-state index in [4.69, 9.17) is 71.8 Å². The topological polar surface area (TPSA) is 395 Å². The van der Waals surface area contributed by atoms with Gasteiger partial charge in [-0.2, -0.15) is 31.1 Å². The van der Waals surface area contributed by atoms with Crippen LogP contribution >= 0.6 is 23.2 Å². The van der Waals surface area contributed by atoms with Gasteiger partial charge in [0, 0.05) is 47.3 Å². The molecule has 4 aromatic carbocycles. The number of hydrogen-bond acceptors (Lipinski definition) is 20. The zero-order chi connectivity index (χ0) is 70.4. The second-order valence-electron chi connectivity index (χ2n) is 25.7. The van der Waals surface area contributed by atoms with Crippen molar-refractivity contribution < 1.29 is 37.4 Å². The Balaban J connectivity index is 0.000000134. The normalized spacial score (nSPS) is 18.6. The first-order valence-electron chi connectivity index (χ1n) is 32.2. The Morgan fingerprint density at radius 1 is 0.460 bits per heavy atom. The van der Waals surface area contributed by atoms with Crippen LogP contribution < -0.4 is 48.6 Å². The van der Waals surface area contributed by atoms with E-state index in [2.05, 4.69) is 43.8 Å². The fourth-order valence-electron chi connectivity index (χ4n) is 13.6. The van der Waals surface area contributed by atoms with Gasteiger partial charge in [0.25, 0.3) is 17.7 Å². The first-order valence-corrected chi connectivity index (χ1v) is 33.0. The number of rotatable bonds is 15.